The summed E-state index contributed by atoms with van der Waals surface area (Å²) < 4.78 is 37.1. The molecule has 2 aromatic heterocycles. The fourth-order valence-electron chi connectivity index (χ4n) is 3.60. The fourth-order valence-corrected chi connectivity index (χ4v) is 3.60. The molecule has 2 atom stereocenters. The largest absolute Gasteiger partial charge is 0.405 e. The number of nitrogens with two attached hydrogens (primary N) is 1. The number of benzene rings is 1. The Morgan fingerprint density at radius 1 is 1.26 bits per heavy atom. The molecule has 34 heavy (non-hydrogen) atoms. The molecule has 0 saturated heterocycles. The van der Waals surface area contributed by atoms with Gasteiger partial charge in [-0.3, -0.25) is 9.59 Å². The molecule has 4 N–H and O–H groups in total. The molecule has 2 heterocycles. The van der Waals surface area contributed by atoms with Crippen molar-refractivity contribution in [2.24, 2.45) is 11.8 Å². The minimum atomic E-state index is -4.50. The Bertz CT molecular complexity index is 1350. The first-order valence-electron chi connectivity index (χ1n) is 10.3. The van der Waals surface area contributed by atoms with Crippen molar-refractivity contribution in [3.05, 3.63) is 47.7 Å². The Balaban J connectivity index is 1.59. The molecule has 3 aromatic rings. The van der Waals surface area contributed by atoms with Crippen molar-refractivity contribution < 1.29 is 22.8 Å². The normalized spacial score (nSPS) is 17.1. The summed E-state index contributed by atoms with van der Waals surface area (Å²) in [6.45, 7) is 0.289. The first kappa shape index (κ1) is 23.0. The summed E-state index contributed by atoms with van der Waals surface area (Å²) in [5, 5.41) is 14.7. The van der Waals surface area contributed by atoms with Crippen LogP contribution in [0.4, 0.5) is 24.8 Å². The number of aromatic nitrogens is 2. The van der Waals surface area contributed by atoms with E-state index in [2.05, 4.69) is 21.4 Å². The van der Waals surface area contributed by atoms with Gasteiger partial charge in [0.05, 0.1) is 23.6 Å². The maximum absolute atomic E-state index is 12.4. The van der Waals surface area contributed by atoms with E-state index in [0.29, 0.717) is 39.8 Å². The molecule has 1 aliphatic carbocycles. The van der Waals surface area contributed by atoms with Crippen molar-refractivity contribution in [3.63, 3.8) is 0 Å². The highest BCUT2D eigenvalue weighted by atomic mass is 19.4. The highest BCUT2D eigenvalue weighted by molar-refractivity contribution is 5.99. The van der Waals surface area contributed by atoms with Gasteiger partial charge in [-0.2, -0.15) is 18.4 Å². The number of nitrogens with one attached hydrogen (secondary N) is 2. The van der Waals surface area contributed by atoms with E-state index >= 15 is 0 Å². The molecule has 4 rings (SSSR count). The number of nitriles is 1. The molecule has 174 valence electrons. The van der Waals surface area contributed by atoms with E-state index in [1.807, 2.05) is 5.32 Å². The van der Waals surface area contributed by atoms with Gasteiger partial charge in [0.15, 0.2) is 0 Å². The first-order valence-corrected chi connectivity index (χ1v) is 10.3. The Morgan fingerprint density at radius 3 is 2.68 bits per heavy atom. The molecule has 1 aromatic carbocycles. The lowest BCUT2D eigenvalue weighted by molar-refractivity contribution is -0.123. The van der Waals surface area contributed by atoms with Gasteiger partial charge in [-0.1, -0.05) is 6.07 Å². The van der Waals surface area contributed by atoms with Gasteiger partial charge in [-0.05, 0) is 48.6 Å². The third kappa shape index (κ3) is 4.91. The van der Waals surface area contributed by atoms with Crippen LogP contribution in [0.15, 0.2) is 36.5 Å². The van der Waals surface area contributed by atoms with Crippen LogP contribution in [0, 0.1) is 30.1 Å². The standard InChI is InChI=1S/C23H19F3N6O2/c1-11-4-12(21(33)30-10-23(24,25)26)2-3-15(11)18-6-13-7-19(29-9-17(13)20(28)31-18)32-22(34)16-5-14(16)8-27/h2-4,6-7,9,14,16H,5,10H2,1H3,(H2,28,31)(H,30,33)(H,29,32,34). The summed E-state index contributed by atoms with van der Waals surface area (Å²) in [6.07, 6.45) is -2.48. The summed E-state index contributed by atoms with van der Waals surface area (Å²) in [5.74, 6) is -1.19. The van der Waals surface area contributed by atoms with Crippen molar-refractivity contribution in [3.8, 4) is 17.3 Å². The number of hydrogen-bond acceptors (Lipinski definition) is 6. The average Bonchev–Trinajstić information content (AvgIpc) is 3.57. The van der Waals surface area contributed by atoms with E-state index in [1.165, 1.54) is 18.3 Å². The molecule has 1 aliphatic rings. The number of amides is 2. The van der Waals surface area contributed by atoms with Gasteiger partial charge in [0.1, 0.15) is 18.2 Å². The van der Waals surface area contributed by atoms with E-state index in [-0.39, 0.29) is 29.1 Å². The summed E-state index contributed by atoms with van der Waals surface area (Å²) in [6, 6.07) is 9.93. The van der Waals surface area contributed by atoms with Crippen LogP contribution in [0.5, 0.6) is 0 Å². The van der Waals surface area contributed by atoms with Crippen LogP contribution in [0.25, 0.3) is 22.0 Å². The van der Waals surface area contributed by atoms with E-state index in [4.69, 9.17) is 11.0 Å². The summed E-state index contributed by atoms with van der Waals surface area (Å²) in [4.78, 5) is 32.9. The number of nitrogen functional groups attached to an aromatic ring is 1. The minimum absolute atomic E-state index is 0.0872. The Kier molecular flexibility index (Phi) is 5.83. The minimum Gasteiger partial charge on any atom is -0.383 e. The number of nitrogens with zero attached hydrogens (tertiary/aromatic N) is 3. The molecule has 11 heteroatoms. The zero-order valence-corrected chi connectivity index (χ0v) is 17.9. The van der Waals surface area contributed by atoms with Crippen molar-refractivity contribution in [2.45, 2.75) is 19.5 Å². The molecular weight excluding hydrogens is 449 g/mol. The van der Waals surface area contributed by atoms with Crippen LogP contribution < -0.4 is 16.4 Å². The Hall–Kier alpha value is -4.20. The summed E-state index contributed by atoms with van der Waals surface area (Å²) in [7, 11) is 0. The summed E-state index contributed by atoms with van der Waals surface area (Å²) in [5.41, 5.74) is 7.93. The molecule has 0 spiro atoms. The van der Waals surface area contributed by atoms with Gasteiger partial charge in [-0.25, -0.2) is 9.97 Å². The predicted octanol–water partition coefficient (Wildman–Crippen LogP) is 3.58. The SMILES string of the molecule is Cc1cc(C(=O)NCC(F)(F)F)ccc1-c1cc2cc(NC(=O)C3CC3C#N)ncc2c(N)n1. The monoisotopic (exact) mass is 468 g/mol. The van der Waals surface area contributed by atoms with E-state index in [1.54, 1.807) is 25.1 Å². The van der Waals surface area contributed by atoms with Crippen molar-refractivity contribution in [1.29, 1.82) is 5.26 Å². The number of pyridine rings is 2. The van der Waals surface area contributed by atoms with Crippen LogP contribution in [0.3, 0.4) is 0 Å². The van der Waals surface area contributed by atoms with Gasteiger partial charge in [0.25, 0.3) is 5.91 Å². The molecule has 8 nitrogen and oxygen atoms in total. The molecule has 0 radical (unpaired) electrons. The molecule has 0 aliphatic heterocycles. The van der Waals surface area contributed by atoms with E-state index in [0.717, 1.165) is 0 Å². The maximum Gasteiger partial charge on any atom is 0.405 e. The number of hydrogen-bond donors (Lipinski definition) is 3. The van der Waals surface area contributed by atoms with Gasteiger partial charge in [0, 0.05) is 22.7 Å². The Labute approximate surface area is 192 Å². The number of fused-ring (bicyclic) bond motifs is 1. The third-order valence-electron chi connectivity index (χ3n) is 5.50. The zero-order valence-electron chi connectivity index (χ0n) is 17.9. The zero-order chi connectivity index (χ0) is 24.6. The highest BCUT2D eigenvalue weighted by Gasteiger charge is 2.43. The number of rotatable bonds is 5. The van der Waals surface area contributed by atoms with Crippen molar-refractivity contribution in [2.75, 3.05) is 17.6 Å². The average molecular weight is 468 g/mol. The maximum atomic E-state index is 12.4. The number of anilines is 2. The number of carbonyl (C=O) groups excluding carboxylic acids is 2. The molecule has 1 saturated carbocycles. The van der Waals surface area contributed by atoms with Crippen LogP contribution in [0.1, 0.15) is 22.3 Å². The second-order valence-corrected chi connectivity index (χ2v) is 8.08. The number of alkyl halides is 3. The lowest BCUT2D eigenvalue weighted by Gasteiger charge is -2.12. The fraction of sp³-hybridized carbons (Fsp3) is 0.261. The molecule has 2 unspecified atom stereocenters. The van der Waals surface area contributed by atoms with Gasteiger partial charge >= 0.3 is 6.18 Å². The molecular formula is C23H19F3N6O2. The van der Waals surface area contributed by atoms with Crippen LogP contribution >= 0.6 is 0 Å². The first-order chi connectivity index (χ1) is 16.1. The molecule has 0 bridgehead atoms. The van der Waals surface area contributed by atoms with E-state index < -0.39 is 18.6 Å². The second-order valence-electron chi connectivity index (χ2n) is 8.08. The van der Waals surface area contributed by atoms with Gasteiger partial charge in [-0.15, -0.1) is 0 Å². The lowest BCUT2D eigenvalue weighted by Crippen LogP contribution is -2.33. The summed E-state index contributed by atoms with van der Waals surface area (Å²) >= 11 is 0. The van der Waals surface area contributed by atoms with Gasteiger partial charge < -0.3 is 16.4 Å². The van der Waals surface area contributed by atoms with E-state index in [9.17, 15) is 22.8 Å². The van der Waals surface area contributed by atoms with Crippen molar-refractivity contribution in [1.82, 2.24) is 15.3 Å². The lowest BCUT2D eigenvalue weighted by atomic mass is 10.0. The predicted molar refractivity (Wildman–Crippen MR) is 118 cm³/mol. The third-order valence-corrected chi connectivity index (χ3v) is 5.50. The highest BCUT2D eigenvalue weighted by Crippen LogP contribution is 2.38. The molecule has 1 fully saturated rings. The number of aryl methyl sites for hydroxylation is 1. The van der Waals surface area contributed by atoms with Crippen molar-refractivity contribution >= 4 is 34.2 Å². The molecule has 2 amide bonds. The van der Waals surface area contributed by atoms with Crippen LogP contribution in [-0.4, -0.2) is 34.5 Å². The number of carbonyl (C=O) groups is 2. The Morgan fingerprint density at radius 2 is 2.03 bits per heavy atom. The second kappa shape index (κ2) is 8.62. The number of halogens is 3. The van der Waals surface area contributed by atoms with Crippen LogP contribution in [-0.2, 0) is 4.79 Å². The van der Waals surface area contributed by atoms with Crippen LogP contribution in [0.2, 0.25) is 0 Å². The smallest absolute Gasteiger partial charge is 0.383 e. The quantitative estimate of drug-likeness (QED) is 0.524. The topological polar surface area (TPSA) is 134 Å². The van der Waals surface area contributed by atoms with Gasteiger partial charge in [0.2, 0.25) is 5.91 Å².